The first-order chi connectivity index (χ1) is 4.42. The molecule has 0 aromatic rings. The second-order valence-corrected chi connectivity index (χ2v) is 4.73. The van der Waals surface area contributed by atoms with Crippen molar-refractivity contribution in [2.75, 3.05) is 0 Å². The van der Waals surface area contributed by atoms with Gasteiger partial charge in [-0.25, -0.2) is 5.14 Å². The molecule has 10 heavy (non-hydrogen) atoms. The molecule has 0 aromatic heterocycles. The van der Waals surface area contributed by atoms with E-state index in [0.29, 0.717) is 0 Å². The minimum atomic E-state index is -3.70. The summed E-state index contributed by atoms with van der Waals surface area (Å²) in [6, 6.07) is 0. The Morgan fingerprint density at radius 1 is 1.60 bits per heavy atom. The smallest absolute Gasteiger partial charge is 0.306 e. The zero-order chi connectivity index (χ0) is 8.20. The number of allylic oxidation sites excluding steroid dienone is 1. The molecule has 0 bridgehead atoms. The summed E-state index contributed by atoms with van der Waals surface area (Å²) in [6.45, 7) is 3.75. The van der Waals surface area contributed by atoms with Crippen LogP contribution in [-0.4, -0.2) is 18.2 Å². The van der Waals surface area contributed by atoms with Crippen molar-refractivity contribution in [1.29, 1.82) is 0 Å². The molecule has 0 atom stereocenters. The van der Waals surface area contributed by atoms with Gasteiger partial charge in [-0.2, -0.15) is 8.42 Å². The van der Waals surface area contributed by atoms with Crippen LogP contribution in [0.15, 0.2) is 11.3 Å². The summed E-state index contributed by atoms with van der Waals surface area (Å²) in [7, 11) is -4.82. The van der Waals surface area contributed by atoms with E-state index in [-0.39, 0.29) is 0 Å². The third kappa shape index (κ3) is 7.83. The second kappa shape index (κ2) is 3.87. The van der Waals surface area contributed by atoms with Gasteiger partial charge in [0.25, 0.3) is 0 Å². The van der Waals surface area contributed by atoms with Crippen LogP contribution in [0.2, 0.25) is 0 Å². The Morgan fingerprint density at radius 2 is 2.10 bits per heavy atom. The quantitative estimate of drug-likeness (QED) is 0.580. The Balaban J connectivity index is 3.69. The maximum atomic E-state index is 10.2. The van der Waals surface area contributed by atoms with Gasteiger partial charge >= 0.3 is 10.3 Å². The molecular formula is C4H11NO3SSi. The van der Waals surface area contributed by atoms with Crippen molar-refractivity contribution in [3.63, 3.8) is 0 Å². The fourth-order valence-electron chi connectivity index (χ4n) is 0.296. The van der Waals surface area contributed by atoms with Crippen molar-refractivity contribution in [2.45, 2.75) is 13.8 Å². The van der Waals surface area contributed by atoms with Crippen LogP contribution in [0.3, 0.4) is 0 Å². The Kier molecular flexibility index (Phi) is 3.80. The minimum absolute atomic E-state index is 1.05. The summed E-state index contributed by atoms with van der Waals surface area (Å²) in [5.41, 5.74) is 2.82. The van der Waals surface area contributed by atoms with Gasteiger partial charge in [-0.3, -0.25) is 0 Å². The van der Waals surface area contributed by atoms with Gasteiger partial charge in [0, 0.05) is 0 Å². The first kappa shape index (κ1) is 9.83. The average molecular weight is 181 g/mol. The van der Waals surface area contributed by atoms with Crippen molar-refractivity contribution in [3.8, 4) is 0 Å². The van der Waals surface area contributed by atoms with Crippen LogP contribution < -0.4 is 5.14 Å². The molecule has 0 heterocycles. The highest BCUT2D eigenvalue weighted by Crippen LogP contribution is 1.87. The lowest BCUT2D eigenvalue weighted by atomic mass is 10.4. The van der Waals surface area contributed by atoms with E-state index in [9.17, 15) is 8.42 Å². The Morgan fingerprint density at radius 3 is 2.40 bits per heavy atom. The topological polar surface area (TPSA) is 69.4 Å². The highest BCUT2D eigenvalue weighted by atomic mass is 32.2. The summed E-state index contributed by atoms with van der Waals surface area (Å²) < 4.78 is 24.7. The van der Waals surface area contributed by atoms with Gasteiger partial charge in [0.05, 0.1) is 0 Å². The van der Waals surface area contributed by atoms with Crippen LogP contribution >= 0.6 is 0 Å². The molecule has 0 rings (SSSR count). The standard InChI is InChI=1S/C4H11NO3SSi/c1-4(2)3-10-8-9(5,6)7/h3H,10H2,1-2H3,(H2,5,6,7). The summed E-state index contributed by atoms with van der Waals surface area (Å²) in [5.74, 6) is 0. The van der Waals surface area contributed by atoms with Gasteiger partial charge in [0.15, 0.2) is 0 Å². The number of hydrogen-bond donors (Lipinski definition) is 1. The van der Waals surface area contributed by atoms with Crippen molar-refractivity contribution in [3.05, 3.63) is 11.3 Å². The van der Waals surface area contributed by atoms with Crippen LogP contribution in [0.25, 0.3) is 0 Å². The monoisotopic (exact) mass is 181 g/mol. The molecule has 0 amide bonds. The van der Waals surface area contributed by atoms with Gasteiger partial charge in [-0.15, -0.1) is 0 Å². The third-order valence-corrected chi connectivity index (χ3v) is 3.57. The normalized spacial score (nSPS) is 12.3. The van der Waals surface area contributed by atoms with E-state index >= 15 is 0 Å². The first-order valence-corrected chi connectivity index (χ1v) is 5.59. The molecule has 0 fully saturated rings. The predicted molar refractivity (Wildman–Crippen MR) is 42.2 cm³/mol. The summed E-state index contributed by atoms with van der Waals surface area (Å²) in [6.07, 6.45) is 0. The molecule has 0 unspecified atom stereocenters. The fraction of sp³-hybridized carbons (Fsp3) is 0.500. The largest absolute Gasteiger partial charge is 0.323 e. The summed E-state index contributed by atoms with van der Waals surface area (Å²) >= 11 is 0. The molecule has 0 aliphatic carbocycles. The first-order valence-electron chi connectivity index (χ1n) is 2.72. The molecule has 6 heteroatoms. The minimum Gasteiger partial charge on any atom is -0.306 e. The highest BCUT2D eigenvalue weighted by molar-refractivity contribution is 7.85. The maximum absolute atomic E-state index is 10.2. The van der Waals surface area contributed by atoms with E-state index in [4.69, 9.17) is 0 Å². The molecule has 2 N–H and O–H groups in total. The Bertz CT molecular complexity index is 217. The molecule has 0 aromatic carbocycles. The fourth-order valence-corrected chi connectivity index (χ4v) is 1.66. The maximum Gasteiger partial charge on any atom is 0.323 e. The van der Waals surface area contributed by atoms with Crippen LogP contribution in [0.5, 0.6) is 0 Å². The zero-order valence-corrected chi connectivity index (χ0v) is 8.23. The molecule has 60 valence electrons. The van der Waals surface area contributed by atoms with Crippen LogP contribution in [0, 0.1) is 0 Å². The van der Waals surface area contributed by atoms with Crippen molar-refractivity contribution in [2.24, 2.45) is 5.14 Å². The van der Waals surface area contributed by atoms with E-state index in [2.05, 4.69) is 9.01 Å². The van der Waals surface area contributed by atoms with Gasteiger partial charge in [-0.1, -0.05) is 11.3 Å². The lowest BCUT2D eigenvalue weighted by molar-refractivity contribution is 0.505. The number of nitrogens with two attached hydrogens (primary N) is 1. The van der Waals surface area contributed by atoms with E-state index in [1.54, 1.807) is 5.70 Å². The van der Waals surface area contributed by atoms with Crippen LogP contribution in [0.4, 0.5) is 0 Å². The zero-order valence-electron chi connectivity index (χ0n) is 5.99. The SMILES string of the molecule is CC(C)=C[SiH2]OS(N)(=O)=O. The van der Waals surface area contributed by atoms with E-state index < -0.39 is 20.1 Å². The third-order valence-electron chi connectivity index (χ3n) is 0.724. The second-order valence-electron chi connectivity index (χ2n) is 2.06. The van der Waals surface area contributed by atoms with Crippen LogP contribution in [-0.2, 0) is 14.2 Å². The van der Waals surface area contributed by atoms with Crippen LogP contribution in [0.1, 0.15) is 13.8 Å². The molecular weight excluding hydrogens is 170 g/mol. The molecule has 0 spiro atoms. The van der Waals surface area contributed by atoms with E-state index in [1.165, 1.54) is 0 Å². The Hall–Kier alpha value is -0.173. The van der Waals surface area contributed by atoms with Gasteiger partial charge in [0.1, 0.15) is 0 Å². The van der Waals surface area contributed by atoms with Crippen molar-refractivity contribution in [1.82, 2.24) is 0 Å². The highest BCUT2D eigenvalue weighted by Gasteiger charge is 1.97. The van der Waals surface area contributed by atoms with Gasteiger partial charge in [0.2, 0.25) is 9.76 Å². The van der Waals surface area contributed by atoms with E-state index in [0.717, 1.165) is 5.57 Å². The van der Waals surface area contributed by atoms with Gasteiger partial charge < -0.3 is 3.87 Å². The Labute approximate surface area is 63.3 Å². The summed E-state index contributed by atoms with van der Waals surface area (Å²) in [4.78, 5) is 0. The molecule has 0 radical (unpaired) electrons. The van der Waals surface area contributed by atoms with Crippen molar-refractivity contribution >= 4 is 20.1 Å². The lowest BCUT2D eigenvalue weighted by Crippen LogP contribution is -2.17. The van der Waals surface area contributed by atoms with Gasteiger partial charge in [-0.05, 0) is 13.8 Å². The van der Waals surface area contributed by atoms with E-state index in [1.807, 2.05) is 13.8 Å². The summed E-state index contributed by atoms with van der Waals surface area (Å²) in [5, 5.41) is 4.58. The average Bonchev–Trinajstić information content (AvgIpc) is 1.59. The molecule has 0 saturated heterocycles. The molecule has 0 aliphatic rings. The lowest BCUT2D eigenvalue weighted by Gasteiger charge is -1.94. The molecule has 4 nitrogen and oxygen atoms in total. The molecule has 0 aliphatic heterocycles. The van der Waals surface area contributed by atoms with Crippen molar-refractivity contribution < 1.29 is 12.3 Å². The molecule has 0 saturated carbocycles. The predicted octanol–water partition coefficient (Wildman–Crippen LogP) is -0.786. The number of hydrogen-bond acceptors (Lipinski definition) is 3. The number of rotatable bonds is 3.